The lowest BCUT2D eigenvalue weighted by molar-refractivity contribution is 0.357. The largest absolute Gasteiger partial charge is 0.492 e. The van der Waals surface area contributed by atoms with E-state index in [-0.39, 0.29) is 17.1 Å². The van der Waals surface area contributed by atoms with E-state index in [1.807, 2.05) is 24.3 Å². The molecule has 0 aliphatic heterocycles. The number of methoxy groups -OCH3 is 2. The standard InChI is InChI=1S/C16H10N2O4/c1-21-15-12-10-6-4-3-5-9(10)11(12)13(17-7-19)14(18-8-20)16(15)22-2/h3-6H,1-2H3. The Morgan fingerprint density at radius 3 is 1.91 bits per heavy atom. The highest BCUT2D eigenvalue weighted by atomic mass is 16.5. The van der Waals surface area contributed by atoms with Crippen molar-refractivity contribution in [1.82, 2.24) is 0 Å². The van der Waals surface area contributed by atoms with E-state index < -0.39 is 0 Å². The third kappa shape index (κ3) is 1.69. The second-order valence-electron chi connectivity index (χ2n) is 4.47. The summed E-state index contributed by atoms with van der Waals surface area (Å²) in [6.07, 6.45) is 2.95. The minimum atomic E-state index is 0.103. The lowest BCUT2D eigenvalue weighted by atomic mass is 9.78. The van der Waals surface area contributed by atoms with Crippen LogP contribution in [0.3, 0.4) is 0 Å². The number of carbonyl (C=O) groups excluding carboxylic acids is 2. The van der Waals surface area contributed by atoms with Gasteiger partial charge >= 0.3 is 0 Å². The van der Waals surface area contributed by atoms with Gasteiger partial charge in [-0.25, -0.2) is 9.59 Å². The van der Waals surface area contributed by atoms with Crippen molar-refractivity contribution in [3.05, 3.63) is 24.3 Å². The summed E-state index contributed by atoms with van der Waals surface area (Å²) in [6.45, 7) is 0. The Morgan fingerprint density at radius 2 is 1.36 bits per heavy atom. The summed E-state index contributed by atoms with van der Waals surface area (Å²) in [4.78, 5) is 28.8. The van der Waals surface area contributed by atoms with Gasteiger partial charge in [-0.3, -0.25) is 0 Å². The molecule has 1 aliphatic carbocycles. The van der Waals surface area contributed by atoms with Crippen LogP contribution in [0.2, 0.25) is 0 Å². The summed E-state index contributed by atoms with van der Waals surface area (Å²) in [6, 6.07) is 7.59. The first-order valence-electron chi connectivity index (χ1n) is 6.35. The van der Waals surface area contributed by atoms with Gasteiger partial charge in [-0.15, -0.1) is 0 Å². The van der Waals surface area contributed by atoms with Gasteiger partial charge in [0.05, 0.1) is 14.2 Å². The highest BCUT2D eigenvalue weighted by Crippen LogP contribution is 2.63. The predicted octanol–water partition coefficient (Wildman–Crippen LogP) is 3.29. The Labute approximate surface area is 125 Å². The van der Waals surface area contributed by atoms with Gasteiger partial charge in [-0.1, -0.05) is 24.3 Å². The topological polar surface area (TPSA) is 77.3 Å². The number of nitrogens with zero attached hydrogens (tertiary/aromatic N) is 2. The molecule has 0 aromatic heterocycles. The van der Waals surface area contributed by atoms with Crippen LogP contribution < -0.4 is 9.47 Å². The van der Waals surface area contributed by atoms with Crippen LogP contribution in [0.5, 0.6) is 11.5 Å². The summed E-state index contributed by atoms with van der Waals surface area (Å²) in [5, 5.41) is 0. The molecular weight excluding hydrogens is 284 g/mol. The molecule has 0 heterocycles. The molecule has 0 saturated carbocycles. The molecule has 6 nitrogen and oxygen atoms in total. The van der Waals surface area contributed by atoms with E-state index in [4.69, 9.17) is 9.47 Å². The van der Waals surface area contributed by atoms with Gasteiger partial charge in [-0.2, -0.15) is 9.98 Å². The summed E-state index contributed by atoms with van der Waals surface area (Å²) < 4.78 is 10.7. The lowest BCUT2D eigenvalue weighted by Crippen LogP contribution is -2.04. The van der Waals surface area contributed by atoms with E-state index in [1.165, 1.54) is 26.4 Å². The number of ether oxygens (including phenoxy) is 2. The molecule has 0 fully saturated rings. The van der Waals surface area contributed by atoms with Crippen LogP contribution >= 0.6 is 0 Å². The van der Waals surface area contributed by atoms with E-state index >= 15 is 0 Å². The number of hydrogen-bond donors (Lipinski definition) is 0. The van der Waals surface area contributed by atoms with Crippen LogP contribution in [0.25, 0.3) is 22.3 Å². The summed E-state index contributed by atoms with van der Waals surface area (Å²) in [5.41, 5.74) is 3.64. The van der Waals surface area contributed by atoms with E-state index in [0.717, 1.165) is 16.7 Å². The Hall–Kier alpha value is -3.20. The first-order chi connectivity index (χ1) is 10.8. The minimum Gasteiger partial charge on any atom is -0.492 e. The van der Waals surface area contributed by atoms with Crippen molar-refractivity contribution in [2.45, 2.75) is 0 Å². The molecule has 0 unspecified atom stereocenters. The highest BCUT2D eigenvalue weighted by Gasteiger charge is 2.35. The molecule has 0 radical (unpaired) electrons. The molecule has 0 spiro atoms. The summed E-state index contributed by atoms with van der Waals surface area (Å²) in [7, 11) is 2.92. The van der Waals surface area contributed by atoms with Crippen molar-refractivity contribution in [3.63, 3.8) is 0 Å². The SMILES string of the molecule is COc1c(N=C=O)c(N=C=O)c2c(c1OC)-c1ccccc1-2. The third-order valence-corrected chi connectivity index (χ3v) is 3.55. The summed E-state index contributed by atoms with van der Waals surface area (Å²) >= 11 is 0. The second kappa shape index (κ2) is 5.30. The zero-order chi connectivity index (χ0) is 15.7. The minimum absolute atomic E-state index is 0.103. The number of isocyanates is 2. The van der Waals surface area contributed by atoms with Crippen LogP contribution in [-0.2, 0) is 9.59 Å². The van der Waals surface area contributed by atoms with Crippen molar-refractivity contribution in [2.24, 2.45) is 9.98 Å². The average Bonchev–Trinajstić information content (AvgIpc) is 2.53. The number of fused-ring (bicyclic) bond motifs is 4. The Bertz CT molecular complexity index is 876. The van der Waals surface area contributed by atoms with Crippen molar-refractivity contribution in [2.75, 3.05) is 14.2 Å². The zero-order valence-electron chi connectivity index (χ0n) is 11.8. The maximum atomic E-state index is 10.8. The van der Waals surface area contributed by atoms with Gasteiger partial charge in [0, 0.05) is 11.1 Å². The van der Waals surface area contributed by atoms with Gasteiger partial charge in [-0.05, 0) is 11.1 Å². The molecule has 0 N–H and O–H groups in total. The lowest BCUT2D eigenvalue weighted by Gasteiger charge is -2.29. The predicted molar refractivity (Wildman–Crippen MR) is 79.5 cm³/mol. The highest BCUT2D eigenvalue weighted by molar-refractivity contribution is 6.14. The monoisotopic (exact) mass is 294 g/mol. The van der Waals surface area contributed by atoms with Crippen LogP contribution in [-0.4, -0.2) is 26.4 Å². The molecule has 2 aromatic carbocycles. The molecule has 2 aromatic rings. The first-order valence-corrected chi connectivity index (χ1v) is 6.35. The number of hydrogen-bond acceptors (Lipinski definition) is 6. The molecule has 1 aliphatic rings. The fraction of sp³-hybridized carbons (Fsp3) is 0.125. The Morgan fingerprint density at radius 1 is 0.818 bits per heavy atom. The van der Waals surface area contributed by atoms with E-state index in [2.05, 4.69) is 9.98 Å². The molecular formula is C16H10N2O4. The van der Waals surface area contributed by atoms with Crippen molar-refractivity contribution in [3.8, 4) is 33.8 Å². The van der Waals surface area contributed by atoms with Crippen LogP contribution in [0.1, 0.15) is 0 Å². The molecule has 108 valence electrons. The van der Waals surface area contributed by atoms with Gasteiger partial charge in [0.15, 0.2) is 11.5 Å². The second-order valence-corrected chi connectivity index (χ2v) is 4.47. The zero-order valence-corrected chi connectivity index (χ0v) is 11.8. The molecule has 22 heavy (non-hydrogen) atoms. The smallest absolute Gasteiger partial charge is 0.240 e. The van der Waals surface area contributed by atoms with Gasteiger partial charge < -0.3 is 9.47 Å². The van der Waals surface area contributed by atoms with E-state index in [1.54, 1.807) is 0 Å². The van der Waals surface area contributed by atoms with Crippen LogP contribution in [0.15, 0.2) is 34.3 Å². The molecule has 0 amide bonds. The third-order valence-electron chi connectivity index (χ3n) is 3.55. The number of benzene rings is 2. The molecule has 0 bridgehead atoms. The van der Waals surface area contributed by atoms with E-state index in [9.17, 15) is 9.59 Å². The number of aliphatic imine (C=N–C) groups is 2. The maximum absolute atomic E-state index is 10.8. The summed E-state index contributed by atoms with van der Waals surface area (Å²) in [5.74, 6) is 0.670. The quantitative estimate of drug-likeness (QED) is 0.546. The first kappa shape index (κ1) is 13.8. The van der Waals surface area contributed by atoms with Crippen LogP contribution in [0.4, 0.5) is 11.4 Å². The molecule has 0 atom stereocenters. The van der Waals surface area contributed by atoms with Crippen molar-refractivity contribution >= 4 is 23.5 Å². The Kier molecular flexibility index (Phi) is 3.31. The fourth-order valence-electron chi connectivity index (χ4n) is 2.74. The van der Waals surface area contributed by atoms with Crippen molar-refractivity contribution in [1.29, 1.82) is 0 Å². The molecule has 3 rings (SSSR count). The van der Waals surface area contributed by atoms with Crippen LogP contribution in [0, 0.1) is 0 Å². The fourth-order valence-corrected chi connectivity index (χ4v) is 2.74. The Balaban J connectivity index is 2.48. The normalized spacial score (nSPS) is 10.3. The van der Waals surface area contributed by atoms with E-state index in [0.29, 0.717) is 11.3 Å². The molecule has 6 heteroatoms. The van der Waals surface area contributed by atoms with Gasteiger partial charge in [0.1, 0.15) is 11.4 Å². The van der Waals surface area contributed by atoms with Gasteiger partial charge in [0.25, 0.3) is 0 Å². The average molecular weight is 294 g/mol. The molecule has 0 saturated heterocycles. The van der Waals surface area contributed by atoms with Gasteiger partial charge in [0.2, 0.25) is 12.2 Å². The number of rotatable bonds is 4. The van der Waals surface area contributed by atoms with Crippen molar-refractivity contribution < 1.29 is 19.1 Å². The maximum Gasteiger partial charge on any atom is 0.240 e.